The van der Waals surface area contributed by atoms with Crippen LogP contribution in [0.2, 0.25) is 0 Å². The molecule has 0 unspecified atom stereocenters. The summed E-state index contributed by atoms with van der Waals surface area (Å²) in [5, 5.41) is 6.42. The fraction of sp³-hybridized carbons (Fsp3) is 0.385. The van der Waals surface area contributed by atoms with Gasteiger partial charge in [0.15, 0.2) is 0 Å². The fourth-order valence-electron chi connectivity index (χ4n) is 2.20. The molecule has 4 nitrogen and oxygen atoms in total. The summed E-state index contributed by atoms with van der Waals surface area (Å²) in [4.78, 5) is 10.8. The van der Waals surface area contributed by atoms with E-state index in [-0.39, 0.29) is 5.56 Å². The van der Waals surface area contributed by atoms with Crippen LogP contribution in [0.15, 0.2) is 23.2 Å². The van der Waals surface area contributed by atoms with Crippen molar-refractivity contribution in [2.24, 2.45) is 0 Å². The highest BCUT2D eigenvalue weighted by Gasteiger charge is 2.17. The molecule has 1 fully saturated rings. The van der Waals surface area contributed by atoms with Gasteiger partial charge in [-0.1, -0.05) is 0 Å². The third kappa shape index (κ3) is 2.64. The topological polar surface area (TPSA) is 41.1 Å². The predicted octanol–water partition coefficient (Wildman–Crippen LogP) is 2.55. The Morgan fingerprint density at radius 3 is 2.60 bits per heavy atom. The maximum absolute atomic E-state index is 12.9. The Balaban J connectivity index is 1.83. The zero-order valence-corrected chi connectivity index (χ0v) is 11.5. The van der Waals surface area contributed by atoms with Gasteiger partial charge in [-0.15, -0.1) is 0 Å². The second-order valence-electron chi connectivity index (χ2n) is 4.54. The number of piperazine rings is 1. The number of thiophene rings is 1. The van der Waals surface area contributed by atoms with Gasteiger partial charge in [0.05, 0.1) is 18.1 Å². The van der Waals surface area contributed by atoms with Crippen LogP contribution in [0.4, 0.5) is 14.6 Å². The van der Waals surface area contributed by atoms with Crippen LogP contribution in [0.1, 0.15) is 12.0 Å². The largest absolute Gasteiger partial charge is 0.353 e. The van der Waals surface area contributed by atoms with Gasteiger partial charge in [-0.3, -0.25) is 4.98 Å². The second-order valence-corrected chi connectivity index (χ2v) is 5.28. The third-order valence-corrected chi connectivity index (χ3v) is 4.04. The van der Waals surface area contributed by atoms with E-state index in [0.717, 1.165) is 32.0 Å². The summed E-state index contributed by atoms with van der Waals surface area (Å²) < 4.78 is 25.7. The van der Waals surface area contributed by atoms with Gasteiger partial charge in [0, 0.05) is 48.1 Å². The minimum atomic E-state index is -2.48. The standard InChI is InChI=1S/C13H14F2N4S/c14-13(15)10-8-20-7-9(10)11-5-18-12(6-17-11)19-3-1-16-2-4-19/h5-8,13,16H,1-4H2. The van der Waals surface area contributed by atoms with Crippen LogP contribution in [-0.2, 0) is 0 Å². The van der Waals surface area contributed by atoms with Crippen LogP contribution in [0.5, 0.6) is 0 Å². The van der Waals surface area contributed by atoms with Crippen molar-refractivity contribution < 1.29 is 8.78 Å². The van der Waals surface area contributed by atoms with Crippen LogP contribution in [0, 0.1) is 0 Å². The second kappa shape index (κ2) is 5.80. The van der Waals surface area contributed by atoms with Crippen molar-refractivity contribution in [1.29, 1.82) is 0 Å². The lowest BCUT2D eigenvalue weighted by Crippen LogP contribution is -2.43. The molecule has 0 spiro atoms. The van der Waals surface area contributed by atoms with Crippen molar-refractivity contribution in [3.63, 3.8) is 0 Å². The average Bonchev–Trinajstić information content (AvgIpc) is 2.98. The van der Waals surface area contributed by atoms with Crippen LogP contribution in [-0.4, -0.2) is 36.1 Å². The Morgan fingerprint density at radius 1 is 1.15 bits per heavy atom. The van der Waals surface area contributed by atoms with Gasteiger partial charge < -0.3 is 10.2 Å². The maximum atomic E-state index is 12.9. The van der Waals surface area contributed by atoms with Crippen molar-refractivity contribution in [3.05, 3.63) is 28.7 Å². The molecule has 0 amide bonds. The number of rotatable bonds is 3. The zero-order valence-electron chi connectivity index (χ0n) is 10.7. The molecule has 106 valence electrons. The number of nitrogens with zero attached hydrogens (tertiary/aromatic N) is 3. The number of nitrogens with one attached hydrogen (secondary N) is 1. The molecule has 7 heteroatoms. The predicted molar refractivity (Wildman–Crippen MR) is 75.4 cm³/mol. The molecule has 2 aromatic rings. The van der Waals surface area contributed by atoms with Crippen molar-refractivity contribution in [2.45, 2.75) is 6.43 Å². The minimum Gasteiger partial charge on any atom is -0.353 e. The summed E-state index contributed by atoms with van der Waals surface area (Å²) in [5.41, 5.74) is 1.00. The number of anilines is 1. The van der Waals surface area contributed by atoms with Crippen molar-refractivity contribution in [1.82, 2.24) is 15.3 Å². The first-order valence-electron chi connectivity index (χ1n) is 6.38. The third-order valence-electron chi connectivity index (χ3n) is 3.28. The van der Waals surface area contributed by atoms with E-state index in [2.05, 4.69) is 20.2 Å². The lowest BCUT2D eigenvalue weighted by Gasteiger charge is -2.28. The summed E-state index contributed by atoms with van der Waals surface area (Å²) in [6.45, 7) is 3.61. The summed E-state index contributed by atoms with van der Waals surface area (Å²) in [6, 6.07) is 0. The SMILES string of the molecule is FC(F)c1cscc1-c1cnc(N2CCNCC2)cn1. The summed E-state index contributed by atoms with van der Waals surface area (Å²) in [7, 11) is 0. The van der Waals surface area contributed by atoms with Gasteiger partial charge in [0.2, 0.25) is 0 Å². The fourth-order valence-corrected chi connectivity index (χ4v) is 3.04. The molecule has 1 aliphatic rings. The number of hydrogen-bond acceptors (Lipinski definition) is 5. The maximum Gasteiger partial charge on any atom is 0.265 e. The molecule has 3 heterocycles. The molecule has 1 N–H and O–H groups in total. The van der Waals surface area contributed by atoms with E-state index in [1.54, 1.807) is 17.8 Å². The number of aromatic nitrogens is 2. The average molecular weight is 296 g/mol. The highest BCUT2D eigenvalue weighted by molar-refractivity contribution is 7.08. The van der Waals surface area contributed by atoms with Gasteiger partial charge in [0.25, 0.3) is 6.43 Å². The van der Waals surface area contributed by atoms with Crippen molar-refractivity contribution >= 4 is 17.2 Å². The van der Waals surface area contributed by atoms with Gasteiger partial charge in [-0.05, 0) is 0 Å². The molecular weight excluding hydrogens is 282 g/mol. The lowest BCUT2D eigenvalue weighted by molar-refractivity contribution is 0.152. The van der Waals surface area contributed by atoms with Crippen molar-refractivity contribution in [3.8, 4) is 11.3 Å². The highest BCUT2D eigenvalue weighted by Crippen LogP contribution is 2.33. The van der Waals surface area contributed by atoms with E-state index >= 15 is 0 Å². The van der Waals surface area contributed by atoms with E-state index in [9.17, 15) is 8.78 Å². The molecular formula is C13H14F2N4S. The van der Waals surface area contributed by atoms with Gasteiger partial charge in [-0.2, -0.15) is 11.3 Å². The molecule has 0 bridgehead atoms. The van der Waals surface area contributed by atoms with Gasteiger partial charge in [-0.25, -0.2) is 13.8 Å². The molecule has 3 rings (SSSR count). The normalized spacial score (nSPS) is 15.8. The first-order chi connectivity index (χ1) is 9.75. The van der Waals surface area contributed by atoms with Crippen LogP contribution < -0.4 is 10.2 Å². The molecule has 20 heavy (non-hydrogen) atoms. The minimum absolute atomic E-state index is 0.0271. The Hall–Kier alpha value is -1.60. The van der Waals surface area contributed by atoms with E-state index in [0.29, 0.717) is 11.3 Å². The summed E-state index contributed by atoms with van der Waals surface area (Å²) >= 11 is 1.26. The van der Waals surface area contributed by atoms with Gasteiger partial charge in [0.1, 0.15) is 5.82 Å². The Morgan fingerprint density at radius 2 is 1.95 bits per heavy atom. The molecule has 2 aromatic heterocycles. The zero-order chi connectivity index (χ0) is 13.9. The molecule has 0 aromatic carbocycles. The first-order valence-corrected chi connectivity index (χ1v) is 7.32. The van der Waals surface area contributed by atoms with Crippen LogP contribution in [0.3, 0.4) is 0 Å². The molecule has 1 aliphatic heterocycles. The summed E-state index contributed by atoms with van der Waals surface area (Å²) in [6.07, 6.45) is 0.754. The van der Waals surface area contributed by atoms with Crippen LogP contribution in [0.25, 0.3) is 11.3 Å². The molecule has 0 atom stereocenters. The smallest absolute Gasteiger partial charge is 0.265 e. The summed E-state index contributed by atoms with van der Waals surface area (Å²) in [5.74, 6) is 0.795. The van der Waals surface area contributed by atoms with E-state index < -0.39 is 6.43 Å². The Bertz CT molecular complexity index is 564. The number of alkyl halides is 2. The molecule has 0 radical (unpaired) electrons. The Labute approximate surface area is 119 Å². The van der Waals surface area contributed by atoms with E-state index in [4.69, 9.17) is 0 Å². The highest BCUT2D eigenvalue weighted by atomic mass is 32.1. The van der Waals surface area contributed by atoms with E-state index in [1.165, 1.54) is 16.7 Å². The Kier molecular flexibility index (Phi) is 3.88. The number of hydrogen-bond donors (Lipinski definition) is 1. The molecule has 1 saturated heterocycles. The monoisotopic (exact) mass is 296 g/mol. The molecule has 0 saturated carbocycles. The number of halogens is 2. The van der Waals surface area contributed by atoms with Crippen molar-refractivity contribution in [2.75, 3.05) is 31.1 Å². The van der Waals surface area contributed by atoms with E-state index in [1.807, 2.05) is 0 Å². The molecule has 0 aliphatic carbocycles. The van der Waals surface area contributed by atoms with Gasteiger partial charge >= 0.3 is 0 Å². The quantitative estimate of drug-likeness (QED) is 0.945. The lowest BCUT2D eigenvalue weighted by atomic mass is 10.1. The first kappa shape index (κ1) is 13.4. The van der Waals surface area contributed by atoms with Crippen LogP contribution >= 0.6 is 11.3 Å².